The monoisotopic (exact) mass is 479 g/mol. The van der Waals surface area contributed by atoms with E-state index in [-0.39, 0.29) is 35.8 Å². The SMILES string of the molecule is O=C(/C=C/c1ccc(S(=O)(=O)NC2CC2)cc1)NCc1cccc(NC(=O)Cn2cccn2)c1. The highest BCUT2D eigenvalue weighted by Gasteiger charge is 2.27. The molecule has 0 atom stereocenters. The molecule has 2 amide bonds. The quantitative estimate of drug-likeness (QED) is 0.385. The summed E-state index contributed by atoms with van der Waals surface area (Å²) in [5.41, 5.74) is 2.17. The second-order valence-electron chi connectivity index (χ2n) is 7.97. The Hall–Kier alpha value is -3.76. The molecule has 2 aromatic carbocycles. The molecule has 1 saturated carbocycles. The van der Waals surface area contributed by atoms with Gasteiger partial charge in [-0.3, -0.25) is 14.3 Å². The van der Waals surface area contributed by atoms with Crippen LogP contribution < -0.4 is 15.4 Å². The van der Waals surface area contributed by atoms with Gasteiger partial charge in [-0.15, -0.1) is 0 Å². The van der Waals surface area contributed by atoms with Gasteiger partial charge in [-0.05, 0) is 60.4 Å². The van der Waals surface area contributed by atoms with E-state index < -0.39 is 10.0 Å². The van der Waals surface area contributed by atoms with E-state index in [1.165, 1.54) is 22.9 Å². The van der Waals surface area contributed by atoms with Gasteiger partial charge in [0, 0.05) is 36.7 Å². The molecule has 10 heteroatoms. The van der Waals surface area contributed by atoms with E-state index in [9.17, 15) is 18.0 Å². The zero-order valence-electron chi connectivity index (χ0n) is 18.3. The standard InChI is InChI=1S/C24H25N5O4S/c30-23(12-7-18-5-10-22(11-6-18)34(32,33)28-20-8-9-20)25-16-19-3-1-4-21(15-19)27-24(31)17-29-14-2-13-26-29/h1-7,10-15,20,28H,8-9,16-17H2,(H,25,30)(H,27,31)/b12-7+. The van der Waals surface area contributed by atoms with Crippen molar-refractivity contribution in [3.8, 4) is 0 Å². The Kier molecular flexibility index (Phi) is 7.19. The number of nitrogens with zero attached hydrogens (tertiary/aromatic N) is 2. The Bertz CT molecular complexity index is 1280. The van der Waals surface area contributed by atoms with Crippen LogP contribution in [0, 0.1) is 0 Å². The Labute approximate surface area is 197 Å². The number of rotatable bonds is 10. The number of hydrogen-bond donors (Lipinski definition) is 3. The lowest BCUT2D eigenvalue weighted by molar-refractivity contribution is -0.117. The zero-order chi connectivity index (χ0) is 24.0. The van der Waals surface area contributed by atoms with E-state index in [1.807, 2.05) is 6.07 Å². The number of amides is 2. The van der Waals surface area contributed by atoms with Crippen molar-refractivity contribution in [2.45, 2.75) is 36.9 Å². The van der Waals surface area contributed by atoms with Gasteiger partial charge in [0.2, 0.25) is 21.8 Å². The van der Waals surface area contributed by atoms with Crippen molar-refractivity contribution in [3.05, 3.63) is 84.2 Å². The second kappa shape index (κ2) is 10.4. The number of sulfonamides is 1. The number of hydrogen-bond acceptors (Lipinski definition) is 5. The molecule has 0 aliphatic heterocycles. The predicted molar refractivity (Wildman–Crippen MR) is 128 cm³/mol. The van der Waals surface area contributed by atoms with Crippen LogP contribution >= 0.6 is 0 Å². The number of nitrogens with one attached hydrogen (secondary N) is 3. The van der Waals surface area contributed by atoms with Crippen LogP contribution in [0.3, 0.4) is 0 Å². The van der Waals surface area contributed by atoms with Gasteiger partial charge in [-0.1, -0.05) is 24.3 Å². The minimum atomic E-state index is -3.49. The van der Waals surface area contributed by atoms with Crippen molar-refractivity contribution in [3.63, 3.8) is 0 Å². The molecule has 0 unspecified atom stereocenters. The smallest absolute Gasteiger partial charge is 0.246 e. The van der Waals surface area contributed by atoms with Crippen molar-refractivity contribution < 1.29 is 18.0 Å². The van der Waals surface area contributed by atoms with Crippen LogP contribution in [0.15, 0.2) is 78.0 Å². The minimum Gasteiger partial charge on any atom is -0.348 e. The van der Waals surface area contributed by atoms with E-state index >= 15 is 0 Å². The van der Waals surface area contributed by atoms with Crippen LogP contribution in [0.1, 0.15) is 24.0 Å². The van der Waals surface area contributed by atoms with Crippen LogP contribution in [0.5, 0.6) is 0 Å². The average Bonchev–Trinajstić information content (AvgIpc) is 3.47. The van der Waals surface area contributed by atoms with Gasteiger partial charge in [-0.25, -0.2) is 13.1 Å². The molecule has 0 radical (unpaired) electrons. The molecule has 4 rings (SSSR count). The number of aromatic nitrogens is 2. The van der Waals surface area contributed by atoms with E-state index in [0.717, 1.165) is 18.4 Å². The molecule has 1 heterocycles. The molecule has 0 spiro atoms. The number of benzene rings is 2. The molecule has 3 N–H and O–H groups in total. The van der Waals surface area contributed by atoms with E-state index in [4.69, 9.17) is 0 Å². The molecule has 1 aliphatic carbocycles. The largest absolute Gasteiger partial charge is 0.348 e. The first kappa shape index (κ1) is 23.4. The second-order valence-corrected chi connectivity index (χ2v) is 9.68. The first-order valence-electron chi connectivity index (χ1n) is 10.8. The number of carbonyl (C=O) groups excluding carboxylic acids is 2. The van der Waals surface area contributed by atoms with Crippen LogP contribution in [0.25, 0.3) is 6.08 Å². The molecule has 34 heavy (non-hydrogen) atoms. The zero-order valence-corrected chi connectivity index (χ0v) is 19.2. The van der Waals surface area contributed by atoms with Crippen molar-refractivity contribution in [1.29, 1.82) is 0 Å². The first-order valence-corrected chi connectivity index (χ1v) is 12.3. The Morgan fingerprint density at radius 3 is 2.59 bits per heavy atom. The van der Waals surface area contributed by atoms with Gasteiger partial charge >= 0.3 is 0 Å². The lowest BCUT2D eigenvalue weighted by Crippen LogP contribution is -2.25. The molecule has 0 saturated heterocycles. The Balaban J connectivity index is 1.26. The molecule has 1 aliphatic rings. The fourth-order valence-corrected chi connectivity index (χ4v) is 4.47. The van der Waals surface area contributed by atoms with Crippen molar-refractivity contribution >= 4 is 33.6 Å². The molecular formula is C24H25N5O4S. The van der Waals surface area contributed by atoms with Gasteiger partial charge in [0.05, 0.1) is 4.90 Å². The molecule has 3 aromatic rings. The van der Waals surface area contributed by atoms with Crippen LogP contribution in [-0.4, -0.2) is 36.1 Å². The lowest BCUT2D eigenvalue weighted by atomic mass is 10.2. The summed E-state index contributed by atoms with van der Waals surface area (Å²) in [7, 11) is -3.49. The summed E-state index contributed by atoms with van der Waals surface area (Å²) >= 11 is 0. The van der Waals surface area contributed by atoms with E-state index in [0.29, 0.717) is 11.3 Å². The third-order valence-corrected chi connectivity index (χ3v) is 6.60. The maximum Gasteiger partial charge on any atom is 0.246 e. The topological polar surface area (TPSA) is 122 Å². The van der Waals surface area contributed by atoms with E-state index in [2.05, 4.69) is 20.5 Å². The van der Waals surface area contributed by atoms with Gasteiger partial charge in [-0.2, -0.15) is 5.10 Å². The fraction of sp³-hybridized carbons (Fsp3) is 0.208. The maximum atomic E-state index is 12.2. The molecule has 176 valence electrons. The van der Waals surface area contributed by atoms with Gasteiger partial charge in [0.25, 0.3) is 0 Å². The maximum absolute atomic E-state index is 12.2. The Morgan fingerprint density at radius 2 is 1.88 bits per heavy atom. The fourth-order valence-electron chi connectivity index (χ4n) is 3.17. The van der Waals surface area contributed by atoms with Crippen molar-refractivity contribution in [1.82, 2.24) is 19.8 Å². The lowest BCUT2D eigenvalue weighted by Gasteiger charge is -2.08. The van der Waals surface area contributed by atoms with Crippen molar-refractivity contribution in [2.24, 2.45) is 0 Å². The van der Waals surface area contributed by atoms with Crippen LogP contribution in [-0.2, 0) is 32.7 Å². The van der Waals surface area contributed by atoms with Gasteiger partial charge in [0.15, 0.2) is 0 Å². The third kappa shape index (κ3) is 6.87. The normalized spacial score (nSPS) is 13.6. The minimum absolute atomic E-state index is 0.0484. The summed E-state index contributed by atoms with van der Waals surface area (Å²) in [5, 5.41) is 9.61. The number of anilines is 1. The van der Waals surface area contributed by atoms with E-state index in [1.54, 1.807) is 54.9 Å². The summed E-state index contributed by atoms with van der Waals surface area (Å²) in [4.78, 5) is 24.5. The summed E-state index contributed by atoms with van der Waals surface area (Å²) in [5.74, 6) is -0.491. The Morgan fingerprint density at radius 1 is 1.09 bits per heavy atom. The molecular weight excluding hydrogens is 454 g/mol. The summed E-state index contributed by atoms with van der Waals surface area (Å²) in [6, 6.07) is 15.4. The number of carbonyl (C=O) groups is 2. The van der Waals surface area contributed by atoms with Crippen LogP contribution in [0.4, 0.5) is 5.69 Å². The highest BCUT2D eigenvalue weighted by molar-refractivity contribution is 7.89. The molecule has 1 fully saturated rings. The highest BCUT2D eigenvalue weighted by atomic mass is 32.2. The van der Waals surface area contributed by atoms with Crippen molar-refractivity contribution in [2.75, 3.05) is 5.32 Å². The van der Waals surface area contributed by atoms with Gasteiger partial charge < -0.3 is 10.6 Å². The third-order valence-electron chi connectivity index (χ3n) is 5.06. The summed E-state index contributed by atoms with van der Waals surface area (Å²) in [6.45, 7) is 0.402. The summed E-state index contributed by atoms with van der Waals surface area (Å²) in [6.07, 6.45) is 8.08. The predicted octanol–water partition coefficient (Wildman–Crippen LogP) is 2.29. The van der Waals surface area contributed by atoms with Gasteiger partial charge in [0.1, 0.15) is 6.54 Å². The summed E-state index contributed by atoms with van der Waals surface area (Å²) < 4.78 is 28.6. The first-order chi connectivity index (χ1) is 16.4. The molecule has 9 nitrogen and oxygen atoms in total. The van der Waals surface area contributed by atoms with Crippen LogP contribution in [0.2, 0.25) is 0 Å². The average molecular weight is 480 g/mol. The molecule has 0 bridgehead atoms. The molecule has 1 aromatic heterocycles. The highest BCUT2D eigenvalue weighted by Crippen LogP contribution is 2.22.